The smallest absolute Gasteiger partial charge is 0.178 e. The average Bonchev–Trinajstić information content (AvgIpc) is 2.39. The fourth-order valence-electron chi connectivity index (χ4n) is 1.90. The summed E-state index contributed by atoms with van der Waals surface area (Å²) in [4.78, 5) is 19.6. The van der Waals surface area contributed by atoms with Crippen molar-refractivity contribution in [2.75, 3.05) is 5.73 Å². The highest BCUT2D eigenvalue weighted by molar-refractivity contribution is 6.29. The molecule has 0 atom stereocenters. The van der Waals surface area contributed by atoms with E-state index in [1.54, 1.807) is 30.5 Å². The standard InChI is InChI=1S/C14H11N3O2/c15-9-2-1-3-11(6-9)19-13-4-5-16-14-12(13)7-10(18)8-17-14/h1-6,8H,7,15H2. The van der Waals surface area contributed by atoms with Crippen molar-refractivity contribution in [2.45, 2.75) is 6.42 Å². The molecule has 0 aliphatic carbocycles. The molecule has 1 aromatic carbocycles. The maximum atomic E-state index is 11.4. The van der Waals surface area contributed by atoms with Crippen molar-refractivity contribution in [3.05, 3.63) is 42.1 Å². The number of carbonyl (C=O) groups excluding carboxylic acids is 1. The number of nitrogens with zero attached hydrogens (tertiary/aromatic N) is 2. The van der Waals surface area contributed by atoms with E-state index in [1.165, 1.54) is 6.21 Å². The average molecular weight is 253 g/mol. The molecule has 1 aliphatic heterocycles. The highest BCUT2D eigenvalue weighted by atomic mass is 16.5. The first kappa shape index (κ1) is 11.4. The van der Waals surface area contributed by atoms with Crippen LogP contribution in [0.1, 0.15) is 5.56 Å². The number of benzene rings is 1. The number of aliphatic imine (C=N–C) groups is 1. The van der Waals surface area contributed by atoms with E-state index in [2.05, 4.69) is 9.98 Å². The molecule has 0 radical (unpaired) electrons. The van der Waals surface area contributed by atoms with Crippen molar-refractivity contribution in [2.24, 2.45) is 4.99 Å². The molecule has 0 amide bonds. The van der Waals surface area contributed by atoms with Crippen LogP contribution in [-0.4, -0.2) is 17.0 Å². The van der Waals surface area contributed by atoms with Crippen molar-refractivity contribution in [1.29, 1.82) is 0 Å². The second kappa shape index (κ2) is 4.53. The summed E-state index contributed by atoms with van der Waals surface area (Å²) in [5.41, 5.74) is 7.03. The third-order valence-corrected chi connectivity index (χ3v) is 2.76. The van der Waals surface area contributed by atoms with Gasteiger partial charge in [-0.25, -0.2) is 9.98 Å². The van der Waals surface area contributed by atoms with Gasteiger partial charge in [0.25, 0.3) is 0 Å². The molecule has 0 saturated carbocycles. The van der Waals surface area contributed by atoms with Crippen LogP contribution in [0.5, 0.6) is 11.5 Å². The van der Waals surface area contributed by atoms with Gasteiger partial charge in [0, 0.05) is 29.9 Å². The summed E-state index contributed by atoms with van der Waals surface area (Å²) in [6.45, 7) is 0. The van der Waals surface area contributed by atoms with Crippen molar-refractivity contribution >= 4 is 23.5 Å². The molecule has 5 heteroatoms. The van der Waals surface area contributed by atoms with E-state index < -0.39 is 0 Å². The number of hydrogen-bond acceptors (Lipinski definition) is 5. The molecule has 1 aliphatic rings. The second-order valence-electron chi connectivity index (χ2n) is 4.19. The number of ketones is 1. The van der Waals surface area contributed by atoms with E-state index in [0.29, 0.717) is 28.6 Å². The minimum absolute atomic E-state index is 0.0575. The quantitative estimate of drug-likeness (QED) is 0.833. The molecule has 3 rings (SSSR count). The lowest BCUT2D eigenvalue weighted by Crippen LogP contribution is -2.10. The Morgan fingerprint density at radius 3 is 3.00 bits per heavy atom. The van der Waals surface area contributed by atoms with Gasteiger partial charge in [-0.05, 0) is 18.2 Å². The maximum Gasteiger partial charge on any atom is 0.178 e. The van der Waals surface area contributed by atoms with Crippen LogP contribution in [0.15, 0.2) is 41.5 Å². The Morgan fingerprint density at radius 2 is 2.16 bits per heavy atom. The number of hydrogen-bond donors (Lipinski definition) is 1. The monoisotopic (exact) mass is 253 g/mol. The van der Waals surface area contributed by atoms with Crippen LogP contribution < -0.4 is 10.5 Å². The lowest BCUT2D eigenvalue weighted by molar-refractivity contribution is -0.112. The number of pyridine rings is 1. The molecule has 2 heterocycles. The van der Waals surface area contributed by atoms with Gasteiger partial charge in [-0.3, -0.25) is 4.79 Å². The molecule has 0 bridgehead atoms. The van der Waals surface area contributed by atoms with Crippen molar-refractivity contribution in [1.82, 2.24) is 4.98 Å². The minimum atomic E-state index is -0.0575. The van der Waals surface area contributed by atoms with Gasteiger partial charge in [0.15, 0.2) is 11.6 Å². The number of Topliss-reactive ketones (excluding diaryl/α,β-unsaturated/α-hetero) is 1. The molecular formula is C14H11N3O2. The predicted molar refractivity (Wildman–Crippen MR) is 72.0 cm³/mol. The topological polar surface area (TPSA) is 77.6 Å². The third-order valence-electron chi connectivity index (χ3n) is 2.76. The predicted octanol–water partition coefficient (Wildman–Crippen LogP) is 2.28. The van der Waals surface area contributed by atoms with Crippen LogP contribution in [-0.2, 0) is 11.2 Å². The summed E-state index contributed by atoms with van der Waals surface area (Å²) in [7, 11) is 0. The molecule has 2 N–H and O–H groups in total. The van der Waals surface area contributed by atoms with Crippen molar-refractivity contribution in [3.63, 3.8) is 0 Å². The molecule has 5 nitrogen and oxygen atoms in total. The first-order valence-corrected chi connectivity index (χ1v) is 5.80. The summed E-state index contributed by atoms with van der Waals surface area (Å²) < 4.78 is 5.76. The number of fused-ring (bicyclic) bond motifs is 1. The molecule has 0 fully saturated rings. The Labute approximate surface area is 109 Å². The van der Waals surface area contributed by atoms with Crippen molar-refractivity contribution in [3.8, 4) is 11.5 Å². The van der Waals surface area contributed by atoms with Gasteiger partial charge in [-0.1, -0.05) is 6.07 Å². The van der Waals surface area contributed by atoms with Crippen LogP contribution >= 0.6 is 0 Å². The third kappa shape index (κ3) is 2.30. The van der Waals surface area contributed by atoms with Gasteiger partial charge >= 0.3 is 0 Å². The Kier molecular flexibility index (Phi) is 2.72. The normalized spacial score (nSPS) is 13.2. The zero-order valence-electron chi connectivity index (χ0n) is 10.0. The lowest BCUT2D eigenvalue weighted by atomic mass is 10.1. The van der Waals surface area contributed by atoms with E-state index in [1.807, 2.05) is 6.07 Å². The fraction of sp³-hybridized carbons (Fsp3) is 0.0714. The largest absolute Gasteiger partial charge is 0.457 e. The first-order valence-electron chi connectivity index (χ1n) is 5.80. The summed E-state index contributed by atoms with van der Waals surface area (Å²) >= 11 is 0. The summed E-state index contributed by atoms with van der Waals surface area (Å²) in [6, 6.07) is 8.83. The lowest BCUT2D eigenvalue weighted by Gasteiger charge is -2.14. The van der Waals surface area contributed by atoms with Gasteiger partial charge < -0.3 is 10.5 Å². The SMILES string of the molecule is Nc1cccc(Oc2ccnc3c2CC(=O)C=N3)c1. The Hall–Kier alpha value is -2.69. The number of aromatic nitrogens is 1. The molecule has 0 spiro atoms. The zero-order valence-corrected chi connectivity index (χ0v) is 10.0. The number of nitrogen functional groups attached to an aromatic ring is 1. The van der Waals surface area contributed by atoms with Crippen LogP contribution in [0.3, 0.4) is 0 Å². The molecule has 0 unspecified atom stereocenters. The van der Waals surface area contributed by atoms with Gasteiger partial charge in [-0.2, -0.15) is 0 Å². The summed E-state index contributed by atoms with van der Waals surface area (Å²) in [5, 5.41) is 0. The van der Waals surface area contributed by atoms with E-state index in [4.69, 9.17) is 10.5 Å². The van der Waals surface area contributed by atoms with Crippen LogP contribution in [0.25, 0.3) is 0 Å². The Morgan fingerprint density at radius 1 is 1.26 bits per heavy atom. The van der Waals surface area contributed by atoms with Gasteiger partial charge in [0.2, 0.25) is 0 Å². The minimum Gasteiger partial charge on any atom is -0.457 e. The van der Waals surface area contributed by atoms with Gasteiger partial charge in [-0.15, -0.1) is 0 Å². The molecule has 94 valence electrons. The summed E-state index contributed by atoms with van der Waals surface area (Å²) in [5.74, 6) is 1.68. The number of nitrogens with two attached hydrogens (primary N) is 1. The zero-order chi connectivity index (χ0) is 13.2. The molecular weight excluding hydrogens is 242 g/mol. The fourth-order valence-corrected chi connectivity index (χ4v) is 1.90. The van der Waals surface area contributed by atoms with Crippen LogP contribution in [0.2, 0.25) is 0 Å². The Bertz CT molecular complexity index is 680. The highest BCUT2D eigenvalue weighted by Gasteiger charge is 2.18. The van der Waals surface area contributed by atoms with Crippen LogP contribution in [0.4, 0.5) is 11.5 Å². The van der Waals surface area contributed by atoms with E-state index in [-0.39, 0.29) is 12.2 Å². The van der Waals surface area contributed by atoms with E-state index in [9.17, 15) is 4.79 Å². The number of anilines is 1. The highest BCUT2D eigenvalue weighted by Crippen LogP contribution is 2.32. The van der Waals surface area contributed by atoms with Crippen molar-refractivity contribution < 1.29 is 9.53 Å². The first-order chi connectivity index (χ1) is 9.22. The molecule has 19 heavy (non-hydrogen) atoms. The van der Waals surface area contributed by atoms with E-state index >= 15 is 0 Å². The second-order valence-corrected chi connectivity index (χ2v) is 4.19. The van der Waals surface area contributed by atoms with E-state index in [0.717, 1.165) is 0 Å². The summed E-state index contributed by atoms with van der Waals surface area (Å²) in [6.07, 6.45) is 3.15. The number of carbonyl (C=O) groups is 1. The number of rotatable bonds is 2. The molecule has 0 saturated heterocycles. The van der Waals surface area contributed by atoms with Gasteiger partial charge in [0.1, 0.15) is 11.5 Å². The molecule has 1 aromatic heterocycles. The van der Waals surface area contributed by atoms with Gasteiger partial charge in [0.05, 0.1) is 6.21 Å². The van der Waals surface area contributed by atoms with Crippen LogP contribution in [0, 0.1) is 0 Å². The Balaban J connectivity index is 1.98. The molecule has 2 aromatic rings. The maximum absolute atomic E-state index is 11.4. The number of ether oxygens (including phenoxy) is 1.